The fraction of sp³-hybridized carbons (Fsp3) is 0.0714. The Morgan fingerprint density at radius 2 is 0.677 bits per heavy atom. The van der Waals surface area contributed by atoms with E-state index in [-0.39, 0.29) is 0 Å². The summed E-state index contributed by atoms with van der Waals surface area (Å²) in [4.78, 5) is 0. The molecule has 6 aromatic rings. The average Bonchev–Trinajstić information content (AvgIpc) is 2.84. The molecule has 3 heteroatoms. The van der Waals surface area contributed by atoms with E-state index in [0.717, 1.165) is 55.1 Å². The molecular weight excluding hydrogens is 380 g/mol. The molecule has 6 rings (SSSR count). The van der Waals surface area contributed by atoms with Crippen LogP contribution in [-0.2, 0) is 14.1 Å². The van der Waals surface area contributed by atoms with Gasteiger partial charge >= 0.3 is 0 Å². The second kappa shape index (κ2) is 6.78. The van der Waals surface area contributed by atoms with Crippen molar-refractivity contribution in [2.75, 3.05) is 0 Å². The van der Waals surface area contributed by atoms with E-state index in [4.69, 9.17) is 4.74 Å². The van der Waals surface area contributed by atoms with Crippen molar-refractivity contribution >= 4 is 43.6 Å². The van der Waals surface area contributed by atoms with Crippen molar-refractivity contribution in [3.05, 3.63) is 97.1 Å². The van der Waals surface area contributed by atoms with Crippen molar-refractivity contribution in [1.82, 2.24) is 0 Å². The number of ether oxygens (including phenoxy) is 1. The first-order valence-electron chi connectivity index (χ1n) is 10.5. The van der Waals surface area contributed by atoms with Crippen LogP contribution in [0.25, 0.3) is 43.6 Å². The third kappa shape index (κ3) is 2.60. The molecule has 0 aliphatic carbocycles. The zero-order chi connectivity index (χ0) is 20.9. The van der Waals surface area contributed by atoms with Crippen LogP contribution in [0.3, 0.4) is 0 Å². The second-order valence-corrected chi connectivity index (χ2v) is 7.95. The average molecular weight is 402 g/mol. The van der Waals surface area contributed by atoms with Gasteiger partial charge in [0.05, 0.1) is 21.5 Å². The van der Waals surface area contributed by atoms with Gasteiger partial charge in [-0.05, 0) is 24.3 Å². The summed E-state index contributed by atoms with van der Waals surface area (Å²) >= 11 is 0. The first-order valence-corrected chi connectivity index (χ1v) is 10.5. The normalized spacial score (nSPS) is 11.5. The van der Waals surface area contributed by atoms with E-state index in [0.29, 0.717) is 0 Å². The van der Waals surface area contributed by atoms with E-state index in [1.54, 1.807) is 0 Å². The van der Waals surface area contributed by atoms with Crippen LogP contribution in [0.15, 0.2) is 97.1 Å². The smallest absolute Gasteiger partial charge is 0.216 e. The van der Waals surface area contributed by atoms with Crippen LogP contribution in [0.2, 0.25) is 0 Å². The molecule has 0 amide bonds. The number of fused-ring (bicyclic) bond motifs is 4. The van der Waals surface area contributed by atoms with Crippen molar-refractivity contribution < 1.29 is 13.9 Å². The molecule has 0 fully saturated rings. The summed E-state index contributed by atoms with van der Waals surface area (Å²) in [6.07, 6.45) is 0. The number of hydrogen-bond acceptors (Lipinski definition) is 1. The fourth-order valence-corrected chi connectivity index (χ4v) is 4.70. The van der Waals surface area contributed by atoms with Crippen LogP contribution >= 0.6 is 0 Å². The minimum absolute atomic E-state index is 0.897. The lowest BCUT2D eigenvalue weighted by atomic mass is 10.1. The predicted molar refractivity (Wildman–Crippen MR) is 125 cm³/mol. The lowest BCUT2D eigenvalue weighted by Crippen LogP contribution is -2.30. The van der Waals surface area contributed by atoms with Crippen molar-refractivity contribution in [2.24, 2.45) is 14.1 Å². The number of para-hydroxylation sites is 4. The maximum Gasteiger partial charge on any atom is 0.216 e. The predicted octanol–water partition coefficient (Wildman–Crippen LogP) is 5.74. The minimum Gasteiger partial charge on any atom is -0.454 e. The van der Waals surface area contributed by atoms with Gasteiger partial charge in [0.2, 0.25) is 22.1 Å². The van der Waals surface area contributed by atoms with Gasteiger partial charge in [-0.25, -0.2) is 0 Å². The van der Waals surface area contributed by atoms with E-state index >= 15 is 0 Å². The SMILES string of the molecule is C[n+]1c2ccccc2c(Oc2c3ccccc3[n+](C)c3ccccc23)c2ccccc21. The third-order valence-corrected chi connectivity index (χ3v) is 6.24. The van der Waals surface area contributed by atoms with E-state index in [2.05, 4.69) is 120 Å². The molecule has 0 saturated heterocycles. The molecule has 0 unspecified atom stereocenters. The molecule has 0 aliphatic rings. The largest absolute Gasteiger partial charge is 0.454 e. The molecule has 2 heterocycles. The number of hydrogen-bond donors (Lipinski definition) is 0. The molecule has 0 N–H and O–H groups in total. The molecule has 0 aliphatic heterocycles. The Kier molecular flexibility index (Phi) is 3.90. The molecule has 2 aromatic heterocycles. The van der Waals surface area contributed by atoms with Gasteiger partial charge in [-0.2, -0.15) is 9.13 Å². The van der Waals surface area contributed by atoms with Gasteiger partial charge in [0, 0.05) is 24.3 Å². The van der Waals surface area contributed by atoms with Crippen molar-refractivity contribution in [3.63, 3.8) is 0 Å². The number of aryl methyl sites for hydroxylation is 2. The molecule has 148 valence electrons. The Hall–Kier alpha value is -3.98. The topological polar surface area (TPSA) is 17.0 Å². The maximum atomic E-state index is 6.91. The molecule has 0 spiro atoms. The van der Waals surface area contributed by atoms with Gasteiger partial charge < -0.3 is 4.74 Å². The minimum atomic E-state index is 0.897. The Morgan fingerprint density at radius 1 is 0.419 bits per heavy atom. The van der Waals surface area contributed by atoms with Gasteiger partial charge in [0.25, 0.3) is 0 Å². The number of aromatic nitrogens is 2. The van der Waals surface area contributed by atoms with Crippen LogP contribution in [-0.4, -0.2) is 0 Å². The van der Waals surface area contributed by atoms with Gasteiger partial charge in [-0.1, -0.05) is 48.5 Å². The van der Waals surface area contributed by atoms with Gasteiger partial charge in [0.1, 0.15) is 14.1 Å². The highest BCUT2D eigenvalue weighted by Crippen LogP contribution is 2.40. The van der Waals surface area contributed by atoms with E-state index in [1.165, 1.54) is 0 Å². The summed E-state index contributed by atoms with van der Waals surface area (Å²) in [5.74, 6) is 1.79. The van der Waals surface area contributed by atoms with Crippen LogP contribution in [0.1, 0.15) is 0 Å². The van der Waals surface area contributed by atoms with Gasteiger partial charge in [-0.3, -0.25) is 0 Å². The maximum absolute atomic E-state index is 6.91. The summed E-state index contributed by atoms with van der Waals surface area (Å²) in [7, 11) is 4.23. The van der Waals surface area contributed by atoms with E-state index in [1.807, 2.05) is 0 Å². The Balaban J connectivity index is 1.76. The lowest BCUT2D eigenvalue weighted by Gasteiger charge is -2.14. The molecule has 0 atom stereocenters. The summed E-state index contributed by atoms with van der Waals surface area (Å²) in [5, 5.41) is 4.41. The number of nitrogens with zero attached hydrogens (tertiary/aromatic N) is 2. The van der Waals surface area contributed by atoms with Crippen molar-refractivity contribution in [1.29, 1.82) is 0 Å². The van der Waals surface area contributed by atoms with Crippen molar-refractivity contribution in [3.8, 4) is 11.5 Å². The Morgan fingerprint density at radius 3 is 0.968 bits per heavy atom. The highest BCUT2D eigenvalue weighted by molar-refractivity contribution is 6.01. The zero-order valence-electron chi connectivity index (χ0n) is 17.5. The number of rotatable bonds is 2. The van der Waals surface area contributed by atoms with Gasteiger partial charge in [0.15, 0.2) is 11.5 Å². The summed E-state index contributed by atoms with van der Waals surface area (Å²) in [6, 6.07) is 33.8. The quantitative estimate of drug-likeness (QED) is 0.267. The Labute approximate surface area is 180 Å². The molecule has 4 aromatic carbocycles. The van der Waals surface area contributed by atoms with Crippen molar-refractivity contribution in [2.45, 2.75) is 0 Å². The number of benzene rings is 4. The zero-order valence-corrected chi connectivity index (χ0v) is 17.5. The molecule has 0 saturated carbocycles. The second-order valence-electron chi connectivity index (χ2n) is 7.95. The van der Waals surface area contributed by atoms with Crippen LogP contribution < -0.4 is 13.9 Å². The highest BCUT2D eigenvalue weighted by Gasteiger charge is 2.23. The van der Waals surface area contributed by atoms with E-state index < -0.39 is 0 Å². The molecular formula is C28H22N2O+2. The molecule has 31 heavy (non-hydrogen) atoms. The summed E-state index contributed by atoms with van der Waals surface area (Å²) < 4.78 is 11.4. The highest BCUT2D eigenvalue weighted by atomic mass is 16.5. The molecule has 0 bridgehead atoms. The van der Waals surface area contributed by atoms with Crippen LogP contribution in [0, 0.1) is 0 Å². The summed E-state index contributed by atoms with van der Waals surface area (Å²) in [6.45, 7) is 0. The number of pyridine rings is 2. The lowest BCUT2D eigenvalue weighted by molar-refractivity contribution is -0.617. The first-order chi connectivity index (χ1) is 15.2. The monoisotopic (exact) mass is 402 g/mol. The van der Waals surface area contributed by atoms with E-state index in [9.17, 15) is 0 Å². The standard InChI is InChI=1S/C28H22N2O/c1-29-23-15-7-3-11-19(23)27(20-12-4-8-16-24(20)29)31-28-21-13-5-9-17-25(21)30(2)26-18-10-6-14-22(26)28/h3-18H,1-2H3/q+2. The van der Waals surface area contributed by atoms with Crippen LogP contribution in [0.5, 0.6) is 11.5 Å². The summed E-state index contributed by atoms with van der Waals surface area (Å²) in [5.41, 5.74) is 4.58. The first kappa shape index (κ1) is 17.8. The molecule has 0 radical (unpaired) electrons. The Bertz CT molecular complexity index is 1400. The van der Waals surface area contributed by atoms with Gasteiger partial charge in [-0.15, -0.1) is 0 Å². The fourth-order valence-electron chi connectivity index (χ4n) is 4.70. The third-order valence-electron chi connectivity index (χ3n) is 6.24. The molecule has 3 nitrogen and oxygen atoms in total. The van der Waals surface area contributed by atoms with Crippen LogP contribution in [0.4, 0.5) is 0 Å².